The van der Waals surface area contributed by atoms with E-state index in [0.29, 0.717) is 0 Å². The van der Waals surface area contributed by atoms with E-state index in [4.69, 9.17) is 10.2 Å². The van der Waals surface area contributed by atoms with E-state index < -0.39 is 12.2 Å². The molecule has 0 atom stereocenters. The van der Waals surface area contributed by atoms with Crippen LogP contribution >= 0.6 is 0 Å². The number of amides is 2. The molecule has 0 aromatic heterocycles. The Labute approximate surface area is 67.6 Å². The van der Waals surface area contributed by atoms with Crippen LogP contribution in [-0.2, 0) is 0 Å². The summed E-state index contributed by atoms with van der Waals surface area (Å²) < 4.78 is 0. The summed E-state index contributed by atoms with van der Waals surface area (Å²) in [6.07, 6.45) is 2.22. The predicted molar refractivity (Wildman–Crippen MR) is 38.0 cm³/mol. The van der Waals surface area contributed by atoms with Gasteiger partial charge in [0.05, 0.1) is 0 Å². The summed E-state index contributed by atoms with van der Waals surface area (Å²) in [6, 6.07) is 0. The highest BCUT2D eigenvalue weighted by Gasteiger charge is 2.12. The van der Waals surface area contributed by atoms with Crippen LogP contribution in [-0.4, -0.2) is 32.2 Å². The zero-order valence-electron chi connectivity index (χ0n) is 5.91. The van der Waals surface area contributed by atoms with Gasteiger partial charge in [-0.1, -0.05) is 0 Å². The monoisotopic (exact) mass is 170 g/mol. The lowest BCUT2D eigenvalue weighted by molar-refractivity contribution is 0.165. The zero-order chi connectivity index (χ0) is 9.14. The topological polar surface area (TPSA) is 81.1 Å². The minimum atomic E-state index is -1.16. The Morgan fingerprint density at radius 1 is 0.833 bits per heavy atom. The van der Waals surface area contributed by atoms with Crippen LogP contribution in [0.15, 0.2) is 24.8 Å². The number of hydrogen-bond acceptors (Lipinski definition) is 2. The van der Waals surface area contributed by atoms with Gasteiger partial charge in [0, 0.05) is 24.8 Å². The van der Waals surface area contributed by atoms with Gasteiger partial charge in [-0.3, -0.25) is 9.80 Å². The van der Waals surface area contributed by atoms with Crippen LogP contribution in [0.5, 0.6) is 0 Å². The van der Waals surface area contributed by atoms with Crippen molar-refractivity contribution in [2.75, 3.05) is 0 Å². The van der Waals surface area contributed by atoms with E-state index in [1.54, 1.807) is 0 Å². The average Bonchev–Trinajstić information content (AvgIpc) is 2.04. The van der Waals surface area contributed by atoms with Crippen molar-refractivity contribution >= 4 is 12.2 Å². The molecule has 6 nitrogen and oxygen atoms in total. The van der Waals surface area contributed by atoms with Gasteiger partial charge in [0.1, 0.15) is 0 Å². The van der Waals surface area contributed by atoms with Crippen LogP contribution in [0.3, 0.4) is 0 Å². The second-order valence-electron chi connectivity index (χ2n) is 1.98. The molecule has 12 heavy (non-hydrogen) atoms. The molecule has 0 unspecified atom stereocenters. The molecule has 1 heterocycles. The number of hydrogen-bond donors (Lipinski definition) is 2. The smallest absolute Gasteiger partial charge is 0.415 e. The van der Waals surface area contributed by atoms with E-state index in [2.05, 4.69) is 0 Å². The van der Waals surface area contributed by atoms with Crippen LogP contribution in [0.2, 0.25) is 0 Å². The van der Waals surface area contributed by atoms with Crippen LogP contribution in [0, 0.1) is 0 Å². The maximum atomic E-state index is 10.3. The Morgan fingerprint density at radius 3 is 1.25 bits per heavy atom. The first-order valence-electron chi connectivity index (χ1n) is 3.00. The third-order valence-corrected chi connectivity index (χ3v) is 1.22. The van der Waals surface area contributed by atoms with Crippen LogP contribution in [0.4, 0.5) is 9.59 Å². The molecule has 0 bridgehead atoms. The molecule has 1 rings (SSSR count). The molecule has 1 aliphatic heterocycles. The molecule has 0 fully saturated rings. The molecule has 0 saturated carbocycles. The van der Waals surface area contributed by atoms with Crippen molar-refractivity contribution < 1.29 is 19.8 Å². The lowest BCUT2D eigenvalue weighted by Gasteiger charge is -2.17. The maximum absolute atomic E-state index is 10.3. The summed E-state index contributed by atoms with van der Waals surface area (Å²) >= 11 is 0. The first-order valence-corrected chi connectivity index (χ1v) is 3.00. The van der Waals surface area contributed by atoms with Crippen LogP contribution in [0.25, 0.3) is 0 Å². The van der Waals surface area contributed by atoms with Crippen LogP contribution in [0.1, 0.15) is 0 Å². The van der Waals surface area contributed by atoms with Crippen molar-refractivity contribution in [1.29, 1.82) is 0 Å². The highest BCUT2D eigenvalue weighted by Crippen LogP contribution is 2.04. The number of rotatable bonds is 0. The van der Waals surface area contributed by atoms with Gasteiger partial charge in [0.25, 0.3) is 0 Å². The van der Waals surface area contributed by atoms with E-state index >= 15 is 0 Å². The average molecular weight is 170 g/mol. The molecule has 0 aromatic rings. The Bertz CT molecular complexity index is 231. The van der Waals surface area contributed by atoms with Crippen molar-refractivity contribution in [3.05, 3.63) is 24.8 Å². The van der Waals surface area contributed by atoms with Gasteiger partial charge < -0.3 is 10.2 Å². The van der Waals surface area contributed by atoms with Gasteiger partial charge >= 0.3 is 12.2 Å². The maximum Gasteiger partial charge on any atom is 0.415 e. The highest BCUT2D eigenvalue weighted by atomic mass is 16.4. The Balaban J connectivity index is 2.66. The largest absolute Gasteiger partial charge is 0.464 e. The van der Waals surface area contributed by atoms with Gasteiger partial charge in [-0.15, -0.1) is 0 Å². The second-order valence-corrected chi connectivity index (χ2v) is 1.98. The Kier molecular flexibility index (Phi) is 2.00. The molecule has 0 spiro atoms. The molecule has 0 radical (unpaired) electrons. The van der Waals surface area contributed by atoms with Gasteiger partial charge in [-0.2, -0.15) is 0 Å². The molecule has 64 valence electrons. The lowest BCUT2D eigenvalue weighted by Crippen LogP contribution is -2.26. The van der Waals surface area contributed by atoms with Crippen molar-refractivity contribution in [2.24, 2.45) is 0 Å². The standard InChI is InChI=1S/C6H6N2O4/c9-5(10)7-1-2-8(4-3-7)6(11)12/h1-4H,(H,9,10)(H,11,12). The van der Waals surface area contributed by atoms with E-state index in [-0.39, 0.29) is 0 Å². The van der Waals surface area contributed by atoms with Crippen molar-refractivity contribution in [3.63, 3.8) is 0 Å². The highest BCUT2D eigenvalue weighted by molar-refractivity contribution is 5.71. The minimum absolute atomic E-state index is 0.847. The van der Waals surface area contributed by atoms with E-state index in [0.717, 1.165) is 34.6 Å². The van der Waals surface area contributed by atoms with Crippen molar-refractivity contribution in [2.45, 2.75) is 0 Å². The fourth-order valence-electron chi connectivity index (χ4n) is 0.642. The fraction of sp³-hybridized carbons (Fsp3) is 0. The lowest BCUT2D eigenvalue weighted by atomic mass is 10.5. The molecule has 2 amide bonds. The van der Waals surface area contributed by atoms with Gasteiger partial charge in [-0.25, -0.2) is 9.59 Å². The van der Waals surface area contributed by atoms with Gasteiger partial charge in [-0.05, 0) is 0 Å². The predicted octanol–water partition coefficient (Wildman–Crippen LogP) is 0.902. The van der Waals surface area contributed by atoms with E-state index in [1.165, 1.54) is 0 Å². The van der Waals surface area contributed by atoms with Gasteiger partial charge in [0.2, 0.25) is 0 Å². The van der Waals surface area contributed by atoms with Crippen molar-refractivity contribution in [1.82, 2.24) is 9.80 Å². The molecule has 2 N–H and O–H groups in total. The quantitative estimate of drug-likeness (QED) is 0.566. The normalized spacial score (nSPS) is 15.0. The molecule has 6 heteroatoms. The Morgan fingerprint density at radius 2 is 1.08 bits per heavy atom. The molecular weight excluding hydrogens is 164 g/mol. The minimum Gasteiger partial charge on any atom is -0.464 e. The molecule has 0 aromatic carbocycles. The first-order chi connectivity index (χ1) is 5.61. The molecule has 0 saturated heterocycles. The summed E-state index contributed by atoms with van der Waals surface area (Å²) in [5, 5.41) is 16.8. The number of nitrogens with zero attached hydrogens (tertiary/aromatic N) is 2. The SMILES string of the molecule is O=C(O)N1C=CN(C(=O)O)C=C1. The molecule has 0 aliphatic carbocycles. The first kappa shape index (κ1) is 8.12. The zero-order valence-corrected chi connectivity index (χ0v) is 5.91. The summed E-state index contributed by atoms with van der Waals surface area (Å²) in [4.78, 5) is 22.3. The summed E-state index contributed by atoms with van der Waals surface area (Å²) in [7, 11) is 0. The third kappa shape index (κ3) is 1.54. The van der Waals surface area contributed by atoms with Gasteiger partial charge in [0.15, 0.2) is 0 Å². The molecular formula is C6H6N2O4. The molecule has 1 aliphatic rings. The second kappa shape index (κ2) is 2.95. The third-order valence-electron chi connectivity index (χ3n) is 1.22. The summed E-state index contributed by atoms with van der Waals surface area (Å²) in [5.41, 5.74) is 0. The Hall–Kier alpha value is -1.98. The van der Waals surface area contributed by atoms with E-state index in [9.17, 15) is 9.59 Å². The fourth-order valence-corrected chi connectivity index (χ4v) is 0.642. The summed E-state index contributed by atoms with van der Waals surface area (Å²) in [6.45, 7) is 0. The van der Waals surface area contributed by atoms with Crippen molar-refractivity contribution in [3.8, 4) is 0 Å². The van der Waals surface area contributed by atoms with Crippen LogP contribution < -0.4 is 0 Å². The number of carboxylic acid groups (broad SMARTS) is 2. The van der Waals surface area contributed by atoms with E-state index in [1.807, 2.05) is 0 Å². The summed E-state index contributed by atoms with van der Waals surface area (Å²) in [5.74, 6) is 0. The number of carbonyl (C=O) groups is 2.